The summed E-state index contributed by atoms with van der Waals surface area (Å²) in [5.41, 5.74) is 20.0. The number of rotatable bonds is 9. The Hall–Kier alpha value is -14.1. The van der Waals surface area contributed by atoms with E-state index in [9.17, 15) is 0 Å². The van der Waals surface area contributed by atoms with Crippen molar-refractivity contribution in [2.45, 2.75) is 0 Å². The SMILES string of the molecule is c1cc(-c2ccc3c(-c4ccc5ccccc5c4)c4ccccc4c(-c4ccc5ccccc5c4)c3c2)nc(-c2nccc3ccccc23)c1.c1ccc2cc(-c3c4ccccc4c(-c4ccc5ccccc5c4)c4cc(-c5ccc(-c6ccc(-c7nccc8ccccc78)nc6)cc5)ccc34)ccc2c1. The molecular weight excluding hydrogens is 1280 g/mol. The molecule has 0 amide bonds. The molecule has 0 aliphatic rings. The molecule has 0 spiro atoms. The predicted molar refractivity (Wildman–Crippen MR) is 448 cm³/mol. The molecule has 0 aliphatic heterocycles. The van der Waals surface area contributed by atoms with Crippen LogP contribution in [0.25, 0.3) is 209 Å². The Labute approximate surface area is 613 Å². The molecule has 0 saturated carbocycles. The molecule has 106 heavy (non-hydrogen) atoms. The lowest BCUT2D eigenvalue weighted by atomic mass is 9.84. The number of aromatic nitrogens is 4. The maximum absolute atomic E-state index is 5.23. The van der Waals surface area contributed by atoms with Gasteiger partial charge >= 0.3 is 0 Å². The highest BCUT2D eigenvalue weighted by Gasteiger charge is 2.22. The Bertz CT molecular complexity index is 7070. The average Bonchev–Trinajstić information content (AvgIpc) is 0.731. The van der Waals surface area contributed by atoms with Gasteiger partial charge < -0.3 is 0 Å². The molecular formula is C102H64N4. The van der Waals surface area contributed by atoms with Crippen molar-refractivity contribution in [3.8, 4) is 101 Å². The van der Waals surface area contributed by atoms with Crippen LogP contribution in [0.3, 0.4) is 0 Å². The van der Waals surface area contributed by atoms with Crippen molar-refractivity contribution in [2.24, 2.45) is 0 Å². The van der Waals surface area contributed by atoms with E-state index in [1.807, 2.05) is 24.7 Å². The van der Waals surface area contributed by atoms with Crippen LogP contribution in [-0.4, -0.2) is 19.9 Å². The fourth-order valence-electron chi connectivity index (χ4n) is 16.3. The van der Waals surface area contributed by atoms with Gasteiger partial charge in [-0.2, -0.15) is 0 Å². The first-order valence-electron chi connectivity index (χ1n) is 36.2. The first-order chi connectivity index (χ1) is 52.5. The van der Waals surface area contributed by atoms with E-state index in [1.165, 1.54) is 142 Å². The van der Waals surface area contributed by atoms with Crippen LogP contribution in [0.1, 0.15) is 0 Å². The van der Waals surface area contributed by atoms with Gasteiger partial charge in [-0.3, -0.25) is 15.0 Å². The molecule has 4 heterocycles. The summed E-state index contributed by atoms with van der Waals surface area (Å²) < 4.78 is 0. The summed E-state index contributed by atoms with van der Waals surface area (Å²) in [4.78, 5) is 19.5. The van der Waals surface area contributed by atoms with Crippen LogP contribution in [0.15, 0.2) is 389 Å². The Kier molecular flexibility index (Phi) is 15.2. The van der Waals surface area contributed by atoms with Crippen molar-refractivity contribution in [1.29, 1.82) is 0 Å². The second-order valence-electron chi connectivity index (χ2n) is 27.5. The van der Waals surface area contributed by atoms with Gasteiger partial charge in [-0.15, -0.1) is 0 Å². The molecule has 492 valence electrons. The molecule has 0 fully saturated rings. The average molecular weight is 1350 g/mol. The highest BCUT2D eigenvalue weighted by Crippen LogP contribution is 2.49. The maximum Gasteiger partial charge on any atom is 0.0964 e. The molecule has 0 unspecified atom stereocenters. The Morgan fingerprint density at radius 1 is 0.151 bits per heavy atom. The van der Waals surface area contributed by atoms with Gasteiger partial charge in [0, 0.05) is 40.5 Å². The maximum atomic E-state index is 5.23. The minimum atomic E-state index is 0.865. The van der Waals surface area contributed by atoms with E-state index in [-0.39, 0.29) is 0 Å². The smallest absolute Gasteiger partial charge is 0.0964 e. The molecule has 0 bridgehead atoms. The summed E-state index contributed by atoms with van der Waals surface area (Å²) in [5.74, 6) is 0. The van der Waals surface area contributed by atoms with E-state index in [1.54, 1.807) is 0 Å². The summed E-state index contributed by atoms with van der Waals surface area (Å²) in [6.07, 6.45) is 5.69. The van der Waals surface area contributed by atoms with Gasteiger partial charge in [0.05, 0.1) is 28.5 Å². The molecule has 0 radical (unpaired) electrons. The number of hydrogen-bond donors (Lipinski definition) is 0. The van der Waals surface area contributed by atoms with Crippen LogP contribution in [0.5, 0.6) is 0 Å². The van der Waals surface area contributed by atoms with Crippen LogP contribution in [0.4, 0.5) is 0 Å². The van der Waals surface area contributed by atoms with Gasteiger partial charge in [0.2, 0.25) is 0 Å². The second kappa shape index (κ2) is 26.1. The summed E-state index contributed by atoms with van der Waals surface area (Å²) >= 11 is 0. The number of fused-ring (bicyclic) bond motifs is 10. The molecule has 17 aromatic carbocycles. The summed E-state index contributed by atoms with van der Waals surface area (Å²) in [6.45, 7) is 0. The monoisotopic (exact) mass is 1340 g/mol. The van der Waals surface area contributed by atoms with Crippen molar-refractivity contribution < 1.29 is 0 Å². The molecule has 0 N–H and O–H groups in total. The van der Waals surface area contributed by atoms with Gasteiger partial charge in [0.25, 0.3) is 0 Å². The lowest BCUT2D eigenvalue weighted by molar-refractivity contribution is 1.27. The van der Waals surface area contributed by atoms with E-state index < -0.39 is 0 Å². The topological polar surface area (TPSA) is 51.6 Å². The van der Waals surface area contributed by atoms with Crippen molar-refractivity contribution in [1.82, 2.24) is 19.9 Å². The summed E-state index contributed by atoms with van der Waals surface area (Å²) in [7, 11) is 0. The van der Waals surface area contributed by atoms with Gasteiger partial charge in [-0.05, 0) is 225 Å². The Balaban J connectivity index is 0.000000141. The third-order valence-electron chi connectivity index (χ3n) is 21.4. The quantitative estimate of drug-likeness (QED) is 0.135. The van der Waals surface area contributed by atoms with E-state index in [0.717, 1.165) is 66.7 Å². The van der Waals surface area contributed by atoms with Gasteiger partial charge in [0.1, 0.15) is 0 Å². The highest BCUT2D eigenvalue weighted by atomic mass is 14.8. The van der Waals surface area contributed by atoms with Gasteiger partial charge in [-0.1, -0.05) is 303 Å². The fraction of sp³-hybridized carbons (Fsp3) is 0. The summed E-state index contributed by atoms with van der Waals surface area (Å²) in [5, 5.41) is 24.3. The lowest BCUT2D eigenvalue weighted by Crippen LogP contribution is -1.94. The first-order valence-corrected chi connectivity index (χ1v) is 36.2. The lowest BCUT2D eigenvalue weighted by Gasteiger charge is -2.19. The van der Waals surface area contributed by atoms with Gasteiger partial charge in [0.15, 0.2) is 0 Å². The minimum absolute atomic E-state index is 0.865. The van der Waals surface area contributed by atoms with Crippen LogP contribution < -0.4 is 0 Å². The van der Waals surface area contributed by atoms with Crippen LogP contribution in [0, 0.1) is 0 Å². The van der Waals surface area contributed by atoms with Crippen LogP contribution in [0.2, 0.25) is 0 Å². The standard InChI is InChI=1S/C54H34N2.C48H30N2/c1-3-12-40-31-43(23-21-35(40)9-1)52-47-15-7-8-16-48(47)53(44-24-22-36-10-2-4-13-41(36)32-44)50-33-42(25-27-49(50)52)37-17-19-38(20-18-37)45-26-28-51(56-34-45)54-46-14-6-5-11-39(46)29-30-55-54;1-3-13-34-28-37(22-20-31(34)10-1)46-40-16-7-8-17-41(40)47(38-23-21-32-11-2-4-14-35(32)29-38)43-30-36(24-25-42(43)46)44-18-9-19-45(50-44)48-39-15-6-5-12-33(39)26-27-49-48/h1-34H;1-30H. The van der Waals surface area contributed by atoms with Crippen LogP contribution >= 0.6 is 0 Å². The number of hydrogen-bond acceptors (Lipinski definition) is 4. The normalized spacial score (nSPS) is 11.6. The molecule has 0 saturated heterocycles. The van der Waals surface area contributed by atoms with E-state index in [2.05, 4.69) is 369 Å². The molecule has 0 aliphatic carbocycles. The molecule has 4 heteroatoms. The zero-order valence-electron chi connectivity index (χ0n) is 57.7. The van der Waals surface area contributed by atoms with Gasteiger partial charge in [-0.25, -0.2) is 4.98 Å². The number of nitrogens with zero attached hydrogens (tertiary/aromatic N) is 4. The molecule has 21 rings (SSSR count). The van der Waals surface area contributed by atoms with Crippen molar-refractivity contribution in [3.05, 3.63) is 389 Å². The van der Waals surface area contributed by atoms with Crippen molar-refractivity contribution in [2.75, 3.05) is 0 Å². The largest absolute Gasteiger partial charge is 0.254 e. The van der Waals surface area contributed by atoms with Crippen molar-refractivity contribution in [3.63, 3.8) is 0 Å². The third kappa shape index (κ3) is 11.0. The molecule has 4 nitrogen and oxygen atoms in total. The fourth-order valence-corrected chi connectivity index (χ4v) is 16.3. The second-order valence-corrected chi connectivity index (χ2v) is 27.5. The number of pyridine rings is 4. The van der Waals surface area contributed by atoms with Crippen LogP contribution in [-0.2, 0) is 0 Å². The zero-order valence-corrected chi connectivity index (χ0v) is 57.7. The zero-order chi connectivity index (χ0) is 70.0. The summed E-state index contributed by atoms with van der Waals surface area (Å²) in [6, 6.07) is 134. The van der Waals surface area contributed by atoms with E-state index >= 15 is 0 Å². The minimum Gasteiger partial charge on any atom is -0.254 e. The van der Waals surface area contributed by atoms with E-state index in [0.29, 0.717) is 0 Å². The molecule has 0 atom stereocenters. The first kappa shape index (κ1) is 61.8. The molecule has 4 aromatic heterocycles. The number of benzene rings is 17. The Morgan fingerprint density at radius 3 is 0.887 bits per heavy atom. The van der Waals surface area contributed by atoms with Crippen molar-refractivity contribution >= 4 is 108 Å². The van der Waals surface area contributed by atoms with E-state index in [4.69, 9.17) is 15.0 Å². The predicted octanol–water partition coefficient (Wildman–Crippen LogP) is 27.5. The Morgan fingerprint density at radius 2 is 0.462 bits per heavy atom. The third-order valence-corrected chi connectivity index (χ3v) is 21.4. The molecule has 21 aromatic rings. The highest BCUT2D eigenvalue weighted by molar-refractivity contribution is 6.24.